The zero-order chi connectivity index (χ0) is 19.0. The second kappa shape index (κ2) is 9.86. The molecule has 1 aliphatic heterocycles. The molecule has 0 unspecified atom stereocenters. The number of methoxy groups -OCH3 is 1. The lowest BCUT2D eigenvalue weighted by Crippen LogP contribution is -2.38. The summed E-state index contributed by atoms with van der Waals surface area (Å²) >= 11 is 0. The van der Waals surface area contributed by atoms with Crippen molar-refractivity contribution in [3.8, 4) is 5.75 Å². The van der Waals surface area contributed by atoms with Crippen molar-refractivity contribution in [1.82, 2.24) is 9.62 Å². The van der Waals surface area contributed by atoms with E-state index in [4.69, 9.17) is 9.47 Å². The highest BCUT2D eigenvalue weighted by Gasteiger charge is 2.17. The normalized spacial score (nSPS) is 15.6. The van der Waals surface area contributed by atoms with Crippen LogP contribution in [-0.4, -0.2) is 65.7 Å². The summed E-state index contributed by atoms with van der Waals surface area (Å²) in [6.45, 7) is 6.11. The van der Waals surface area contributed by atoms with Crippen molar-refractivity contribution in [2.24, 2.45) is 0 Å². The van der Waals surface area contributed by atoms with E-state index in [1.807, 2.05) is 0 Å². The van der Waals surface area contributed by atoms with Gasteiger partial charge in [-0.15, -0.1) is 0 Å². The minimum absolute atomic E-state index is 0.0936. The molecule has 9 heteroatoms. The first-order chi connectivity index (χ1) is 12.5. The molecule has 1 heterocycles. The fourth-order valence-electron chi connectivity index (χ4n) is 2.61. The monoisotopic (exact) mass is 385 g/mol. The number of benzene rings is 1. The number of nitrogens with zero attached hydrogens (tertiary/aromatic N) is 1. The molecule has 0 atom stereocenters. The lowest BCUT2D eigenvalue weighted by atomic mass is 10.3. The summed E-state index contributed by atoms with van der Waals surface area (Å²) in [4.78, 5) is 14.0. The molecule has 8 nitrogen and oxygen atoms in total. The molecule has 2 rings (SSSR count). The third-order valence-corrected chi connectivity index (χ3v) is 5.58. The number of hydrogen-bond acceptors (Lipinski definition) is 6. The van der Waals surface area contributed by atoms with E-state index in [1.54, 1.807) is 6.92 Å². The predicted octanol–water partition coefficient (Wildman–Crippen LogP) is 1.04. The van der Waals surface area contributed by atoms with Crippen molar-refractivity contribution < 1.29 is 22.7 Å². The number of sulfonamides is 1. The molecule has 1 fully saturated rings. The number of morpholine rings is 1. The molecule has 26 heavy (non-hydrogen) atoms. The Morgan fingerprint density at radius 3 is 2.69 bits per heavy atom. The molecule has 0 bridgehead atoms. The maximum atomic E-state index is 12.5. The van der Waals surface area contributed by atoms with Crippen molar-refractivity contribution in [3.63, 3.8) is 0 Å². The Bertz CT molecular complexity index is 702. The highest BCUT2D eigenvalue weighted by atomic mass is 32.2. The van der Waals surface area contributed by atoms with Crippen molar-refractivity contribution in [2.45, 2.75) is 24.7 Å². The van der Waals surface area contributed by atoms with Crippen LogP contribution in [0.2, 0.25) is 0 Å². The molecule has 1 aromatic rings. The van der Waals surface area contributed by atoms with Crippen LogP contribution >= 0.6 is 0 Å². The summed E-state index contributed by atoms with van der Waals surface area (Å²) < 4.78 is 38.1. The van der Waals surface area contributed by atoms with Crippen LogP contribution in [-0.2, 0) is 19.6 Å². The maximum absolute atomic E-state index is 12.5. The zero-order valence-corrected chi connectivity index (χ0v) is 16.1. The van der Waals surface area contributed by atoms with Gasteiger partial charge in [-0.3, -0.25) is 9.69 Å². The maximum Gasteiger partial charge on any atom is 0.240 e. The summed E-state index contributed by atoms with van der Waals surface area (Å²) in [6, 6.07) is 4.41. The van der Waals surface area contributed by atoms with Crippen LogP contribution in [0.15, 0.2) is 23.1 Å². The van der Waals surface area contributed by atoms with Gasteiger partial charge in [0.2, 0.25) is 15.9 Å². The smallest absolute Gasteiger partial charge is 0.240 e. The largest absolute Gasteiger partial charge is 0.495 e. The standard InChI is InChI=1S/C17H27N3O5S/c1-3-17(21)19-15-13-14(5-6-16(15)24-2)26(22,23)18-7-4-8-20-9-11-25-12-10-20/h5-6,13,18H,3-4,7-12H2,1-2H3,(H,19,21). The summed E-state index contributed by atoms with van der Waals surface area (Å²) in [5, 5.41) is 2.66. The highest BCUT2D eigenvalue weighted by Crippen LogP contribution is 2.27. The van der Waals surface area contributed by atoms with Crippen LogP contribution < -0.4 is 14.8 Å². The molecular weight excluding hydrogens is 358 g/mol. The van der Waals surface area contributed by atoms with Crippen LogP contribution in [0, 0.1) is 0 Å². The van der Waals surface area contributed by atoms with Gasteiger partial charge in [0.05, 0.1) is 30.9 Å². The van der Waals surface area contributed by atoms with Crippen LogP contribution in [0.1, 0.15) is 19.8 Å². The summed E-state index contributed by atoms with van der Waals surface area (Å²) in [5.41, 5.74) is 0.343. The van der Waals surface area contributed by atoms with Crippen LogP contribution in [0.5, 0.6) is 5.75 Å². The van der Waals surface area contributed by atoms with E-state index in [9.17, 15) is 13.2 Å². The highest BCUT2D eigenvalue weighted by molar-refractivity contribution is 7.89. The number of carbonyl (C=O) groups is 1. The predicted molar refractivity (Wildman–Crippen MR) is 99.0 cm³/mol. The molecule has 146 valence electrons. The molecule has 0 radical (unpaired) electrons. The molecule has 1 aromatic carbocycles. The van der Waals surface area contributed by atoms with Gasteiger partial charge in [0, 0.05) is 26.1 Å². The minimum Gasteiger partial charge on any atom is -0.495 e. The lowest BCUT2D eigenvalue weighted by Gasteiger charge is -2.26. The minimum atomic E-state index is -3.65. The Morgan fingerprint density at radius 1 is 1.31 bits per heavy atom. The first kappa shape index (κ1) is 20.6. The molecule has 0 aliphatic carbocycles. The van der Waals surface area contributed by atoms with Gasteiger partial charge in [-0.25, -0.2) is 13.1 Å². The average molecular weight is 385 g/mol. The van der Waals surface area contributed by atoms with E-state index in [1.165, 1.54) is 25.3 Å². The lowest BCUT2D eigenvalue weighted by molar-refractivity contribution is -0.115. The van der Waals surface area contributed by atoms with Crippen molar-refractivity contribution in [2.75, 3.05) is 51.8 Å². The van der Waals surface area contributed by atoms with Crippen LogP contribution in [0.4, 0.5) is 5.69 Å². The Morgan fingerprint density at radius 2 is 2.04 bits per heavy atom. The summed E-state index contributed by atoms with van der Waals surface area (Å²) in [6.07, 6.45) is 1.01. The molecular formula is C17H27N3O5S. The second-order valence-corrected chi connectivity index (χ2v) is 7.74. The molecule has 1 amide bonds. The van der Waals surface area contributed by atoms with E-state index in [0.29, 0.717) is 24.4 Å². The van der Waals surface area contributed by atoms with E-state index in [-0.39, 0.29) is 10.8 Å². The van der Waals surface area contributed by atoms with Gasteiger partial charge in [-0.05, 0) is 31.2 Å². The van der Waals surface area contributed by atoms with Crippen molar-refractivity contribution in [1.29, 1.82) is 0 Å². The molecule has 0 aromatic heterocycles. The summed E-state index contributed by atoms with van der Waals surface area (Å²) in [5.74, 6) is 0.203. The van der Waals surface area contributed by atoms with Gasteiger partial charge in [0.1, 0.15) is 5.75 Å². The van der Waals surface area contributed by atoms with Gasteiger partial charge in [-0.1, -0.05) is 6.92 Å². The number of ether oxygens (including phenoxy) is 2. The van der Waals surface area contributed by atoms with E-state index < -0.39 is 10.0 Å². The molecule has 2 N–H and O–H groups in total. The summed E-state index contributed by atoms with van der Waals surface area (Å²) in [7, 11) is -2.19. The first-order valence-electron chi connectivity index (χ1n) is 8.74. The van der Waals surface area contributed by atoms with Crippen molar-refractivity contribution >= 4 is 21.6 Å². The Balaban J connectivity index is 1.96. The SMILES string of the molecule is CCC(=O)Nc1cc(S(=O)(=O)NCCCN2CCOCC2)ccc1OC. The van der Waals surface area contributed by atoms with Crippen LogP contribution in [0.25, 0.3) is 0 Å². The number of anilines is 1. The quantitative estimate of drug-likeness (QED) is 0.617. The molecule has 1 aliphatic rings. The van der Waals surface area contributed by atoms with E-state index in [0.717, 1.165) is 39.3 Å². The molecule has 1 saturated heterocycles. The second-order valence-electron chi connectivity index (χ2n) is 5.97. The van der Waals surface area contributed by atoms with Gasteiger partial charge in [0.15, 0.2) is 0 Å². The number of hydrogen-bond donors (Lipinski definition) is 2. The Hall–Kier alpha value is -1.68. The Kier molecular flexibility index (Phi) is 7.83. The van der Waals surface area contributed by atoms with Gasteiger partial charge in [-0.2, -0.15) is 0 Å². The fraction of sp³-hybridized carbons (Fsp3) is 0.588. The third kappa shape index (κ3) is 5.94. The number of nitrogens with one attached hydrogen (secondary N) is 2. The van der Waals surface area contributed by atoms with Gasteiger partial charge >= 0.3 is 0 Å². The average Bonchev–Trinajstić information content (AvgIpc) is 2.66. The van der Waals surface area contributed by atoms with Crippen molar-refractivity contribution in [3.05, 3.63) is 18.2 Å². The van der Waals surface area contributed by atoms with Gasteiger partial charge < -0.3 is 14.8 Å². The topological polar surface area (TPSA) is 97.0 Å². The first-order valence-corrected chi connectivity index (χ1v) is 10.2. The zero-order valence-electron chi connectivity index (χ0n) is 15.3. The fourth-order valence-corrected chi connectivity index (χ4v) is 3.71. The molecule has 0 saturated carbocycles. The van der Waals surface area contributed by atoms with E-state index >= 15 is 0 Å². The number of rotatable bonds is 9. The number of amides is 1. The molecule has 0 spiro atoms. The van der Waals surface area contributed by atoms with E-state index in [2.05, 4.69) is 14.9 Å². The number of carbonyl (C=O) groups excluding carboxylic acids is 1. The van der Waals surface area contributed by atoms with Crippen LogP contribution in [0.3, 0.4) is 0 Å². The van der Waals surface area contributed by atoms with Gasteiger partial charge in [0.25, 0.3) is 0 Å². The third-order valence-electron chi connectivity index (χ3n) is 4.12. The Labute approximate surface area is 154 Å².